The fraction of sp³-hybridized carbons (Fsp3) is 0.312. The van der Waals surface area contributed by atoms with Gasteiger partial charge < -0.3 is 15.2 Å². The normalized spacial score (nSPS) is 14.0. The van der Waals surface area contributed by atoms with Gasteiger partial charge in [0, 0.05) is 16.6 Å². The number of aromatic nitrogens is 2. The third kappa shape index (κ3) is 1.94. The summed E-state index contributed by atoms with van der Waals surface area (Å²) in [6.45, 7) is 5.48. The van der Waals surface area contributed by atoms with E-state index in [1.165, 1.54) is 5.69 Å². The maximum absolute atomic E-state index is 6.37. The molecule has 0 aliphatic carbocycles. The third-order valence-electron chi connectivity index (χ3n) is 3.83. The highest BCUT2D eigenvalue weighted by Crippen LogP contribution is 2.37. The summed E-state index contributed by atoms with van der Waals surface area (Å²) in [4.78, 5) is 5.62. The molecule has 0 amide bonds. The van der Waals surface area contributed by atoms with E-state index in [4.69, 9.17) is 20.2 Å². The van der Waals surface area contributed by atoms with Gasteiger partial charge in [-0.1, -0.05) is 13.8 Å². The lowest BCUT2D eigenvalue weighted by Gasteiger charge is -2.18. The van der Waals surface area contributed by atoms with Gasteiger partial charge in [-0.2, -0.15) is 0 Å². The van der Waals surface area contributed by atoms with Gasteiger partial charge in [0.05, 0.1) is 0 Å². The summed E-state index contributed by atoms with van der Waals surface area (Å²) in [6, 6.07) is 5.85. The van der Waals surface area contributed by atoms with Crippen molar-refractivity contribution in [2.24, 2.45) is 0 Å². The number of hydrogen-bond donors (Lipinski definition) is 1. The van der Waals surface area contributed by atoms with Crippen LogP contribution in [0.1, 0.15) is 25.5 Å². The molecule has 5 nitrogen and oxygen atoms in total. The van der Waals surface area contributed by atoms with Gasteiger partial charge in [0.25, 0.3) is 0 Å². The molecule has 22 heavy (non-hydrogen) atoms. The maximum Gasteiger partial charge on any atom is 0.196 e. The van der Waals surface area contributed by atoms with E-state index in [0.717, 1.165) is 27.7 Å². The fourth-order valence-electron chi connectivity index (χ4n) is 2.70. The van der Waals surface area contributed by atoms with Crippen molar-refractivity contribution < 1.29 is 9.47 Å². The highest BCUT2D eigenvalue weighted by atomic mass is 32.1. The molecule has 0 saturated heterocycles. The molecule has 3 aromatic rings. The van der Waals surface area contributed by atoms with E-state index in [2.05, 4.69) is 19.2 Å². The van der Waals surface area contributed by atoms with Crippen molar-refractivity contribution in [1.29, 1.82) is 0 Å². The average molecular weight is 315 g/mol. The van der Waals surface area contributed by atoms with E-state index in [1.807, 2.05) is 22.6 Å². The van der Waals surface area contributed by atoms with Crippen LogP contribution in [0.25, 0.3) is 16.2 Å². The Morgan fingerprint density at radius 3 is 2.77 bits per heavy atom. The standard InChI is InChI=1S/C16H17N3O2S/c1-9(2)11-8-22-16-18-14(15(17)19(11)16)10-3-4-12-13(7-10)21-6-5-20-12/h3-4,7-9H,5-6,17H2,1-2H3. The second kappa shape index (κ2) is 4.91. The Bertz CT molecular complexity index is 851. The highest BCUT2D eigenvalue weighted by Gasteiger charge is 2.19. The van der Waals surface area contributed by atoms with Crippen molar-refractivity contribution in [2.75, 3.05) is 18.9 Å². The van der Waals surface area contributed by atoms with E-state index in [9.17, 15) is 0 Å². The molecule has 1 aromatic carbocycles. The summed E-state index contributed by atoms with van der Waals surface area (Å²) < 4.78 is 13.2. The molecule has 3 heterocycles. The van der Waals surface area contributed by atoms with Crippen molar-refractivity contribution in [2.45, 2.75) is 19.8 Å². The molecule has 0 saturated carbocycles. The third-order valence-corrected chi connectivity index (χ3v) is 4.68. The molecule has 1 aliphatic rings. The number of nitrogens with two attached hydrogens (primary N) is 1. The molecule has 2 aromatic heterocycles. The van der Waals surface area contributed by atoms with Crippen molar-refractivity contribution in [3.05, 3.63) is 29.3 Å². The summed E-state index contributed by atoms with van der Waals surface area (Å²) in [5.74, 6) is 2.61. The van der Waals surface area contributed by atoms with Crippen molar-refractivity contribution in [3.8, 4) is 22.8 Å². The van der Waals surface area contributed by atoms with Gasteiger partial charge in [0.2, 0.25) is 0 Å². The van der Waals surface area contributed by atoms with Crippen molar-refractivity contribution >= 4 is 22.1 Å². The molecule has 0 atom stereocenters. The van der Waals surface area contributed by atoms with Gasteiger partial charge in [-0.15, -0.1) is 11.3 Å². The van der Waals surface area contributed by atoms with Crippen LogP contribution in [0.15, 0.2) is 23.6 Å². The van der Waals surface area contributed by atoms with Crippen LogP contribution in [0.3, 0.4) is 0 Å². The number of thiazole rings is 1. The van der Waals surface area contributed by atoms with Crippen molar-refractivity contribution in [3.63, 3.8) is 0 Å². The smallest absolute Gasteiger partial charge is 0.196 e. The Morgan fingerprint density at radius 1 is 1.23 bits per heavy atom. The number of nitrogens with zero attached hydrogens (tertiary/aromatic N) is 2. The van der Waals surface area contributed by atoms with Gasteiger partial charge in [-0.3, -0.25) is 4.40 Å². The minimum atomic E-state index is 0.401. The van der Waals surface area contributed by atoms with E-state index < -0.39 is 0 Å². The van der Waals surface area contributed by atoms with Gasteiger partial charge in [0.1, 0.15) is 24.7 Å². The average Bonchev–Trinajstić information content (AvgIpc) is 3.07. The van der Waals surface area contributed by atoms with Gasteiger partial charge in [-0.25, -0.2) is 4.98 Å². The highest BCUT2D eigenvalue weighted by molar-refractivity contribution is 7.15. The number of ether oxygens (including phenoxy) is 2. The summed E-state index contributed by atoms with van der Waals surface area (Å²) in [5, 5.41) is 2.12. The first kappa shape index (κ1) is 13.5. The van der Waals surface area contributed by atoms with Crippen LogP contribution in [0.2, 0.25) is 0 Å². The van der Waals surface area contributed by atoms with Crippen LogP contribution in [-0.2, 0) is 0 Å². The molecule has 0 bridgehead atoms. The monoisotopic (exact) mass is 315 g/mol. The van der Waals surface area contributed by atoms with Crippen LogP contribution >= 0.6 is 11.3 Å². The Labute approximate surface area is 132 Å². The lowest BCUT2D eigenvalue weighted by molar-refractivity contribution is 0.171. The first-order valence-electron chi connectivity index (χ1n) is 7.30. The molecule has 4 rings (SSSR count). The number of benzene rings is 1. The summed E-state index contributed by atoms with van der Waals surface area (Å²) in [6.07, 6.45) is 0. The second-order valence-electron chi connectivity index (χ2n) is 5.64. The molecule has 114 valence electrons. The number of anilines is 1. The summed E-state index contributed by atoms with van der Waals surface area (Å²) in [5.41, 5.74) is 9.30. The number of fused-ring (bicyclic) bond motifs is 2. The lowest BCUT2D eigenvalue weighted by Crippen LogP contribution is -2.15. The minimum absolute atomic E-state index is 0.401. The Balaban J connectivity index is 1.86. The number of rotatable bonds is 2. The van der Waals surface area contributed by atoms with E-state index in [-0.39, 0.29) is 0 Å². The SMILES string of the molecule is CC(C)c1csc2nc(-c3ccc4c(c3)OCCO4)c(N)n12. The van der Waals surface area contributed by atoms with Gasteiger partial charge >= 0.3 is 0 Å². The molecule has 0 radical (unpaired) electrons. The minimum Gasteiger partial charge on any atom is -0.486 e. The van der Waals surface area contributed by atoms with Crippen LogP contribution in [0.4, 0.5) is 5.82 Å². The van der Waals surface area contributed by atoms with E-state index >= 15 is 0 Å². The first-order chi connectivity index (χ1) is 10.6. The molecule has 1 aliphatic heterocycles. The van der Waals surface area contributed by atoms with Crippen LogP contribution in [-0.4, -0.2) is 22.6 Å². The van der Waals surface area contributed by atoms with Crippen LogP contribution in [0.5, 0.6) is 11.5 Å². The Hall–Kier alpha value is -2.21. The molecule has 0 spiro atoms. The zero-order chi connectivity index (χ0) is 15.3. The topological polar surface area (TPSA) is 61.8 Å². The number of imidazole rings is 1. The maximum atomic E-state index is 6.37. The number of nitrogen functional groups attached to an aromatic ring is 1. The lowest BCUT2D eigenvalue weighted by atomic mass is 10.1. The van der Waals surface area contributed by atoms with Gasteiger partial charge in [0.15, 0.2) is 16.5 Å². The second-order valence-corrected chi connectivity index (χ2v) is 6.47. The predicted octanol–water partition coefficient (Wildman–Crippen LogP) is 3.54. The summed E-state index contributed by atoms with van der Waals surface area (Å²) in [7, 11) is 0. The molecule has 0 fully saturated rings. The molecular formula is C16H17N3O2S. The molecule has 6 heteroatoms. The Kier molecular flexibility index (Phi) is 3.00. The van der Waals surface area contributed by atoms with Crippen molar-refractivity contribution in [1.82, 2.24) is 9.38 Å². The van der Waals surface area contributed by atoms with Crippen LogP contribution in [0, 0.1) is 0 Å². The number of hydrogen-bond acceptors (Lipinski definition) is 5. The van der Waals surface area contributed by atoms with Crippen LogP contribution < -0.4 is 15.2 Å². The molecule has 2 N–H and O–H groups in total. The van der Waals surface area contributed by atoms with E-state index in [1.54, 1.807) is 11.3 Å². The predicted molar refractivity (Wildman–Crippen MR) is 88.0 cm³/mol. The zero-order valence-electron chi connectivity index (χ0n) is 12.5. The summed E-state index contributed by atoms with van der Waals surface area (Å²) >= 11 is 1.62. The quantitative estimate of drug-likeness (QED) is 0.785. The molecule has 0 unspecified atom stereocenters. The zero-order valence-corrected chi connectivity index (χ0v) is 13.3. The first-order valence-corrected chi connectivity index (χ1v) is 8.18. The molecular weight excluding hydrogens is 298 g/mol. The van der Waals surface area contributed by atoms with E-state index in [0.29, 0.717) is 24.9 Å². The fourth-order valence-corrected chi connectivity index (χ4v) is 3.76. The Morgan fingerprint density at radius 2 is 2.00 bits per heavy atom. The van der Waals surface area contributed by atoms with Gasteiger partial charge in [-0.05, 0) is 24.1 Å². The largest absolute Gasteiger partial charge is 0.486 e.